The number of carbonyl (C=O) groups excluding carboxylic acids is 2. The second-order valence-electron chi connectivity index (χ2n) is 7.76. The molecule has 2 aliphatic heterocycles. The van der Waals surface area contributed by atoms with E-state index in [0.717, 1.165) is 17.8 Å². The number of carbonyl (C=O) groups is 2. The fourth-order valence-corrected chi connectivity index (χ4v) is 4.04. The van der Waals surface area contributed by atoms with Gasteiger partial charge in [0.1, 0.15) is 5.69 Å². The first-order valence-corrected chi connectivity index (χ1v) is 10.1. The highest BCUT2D eigenvalue weighted by atomic mass is 16.2. The topological polar surface area (TPSA) is 84.2 Å². The van der Waals surface area contributed by atoms with Crippen molar-refractivity contribution in [2.24, 2.45) is 0 Å². The zero-order chi connectivity index (χ0) is 20.7. The summed E-state index contributed by atoms with van der Waals surface area (Å²) < 4.78 is 1.83. The molecule has 0 bridgehead atoms. The van der Waals surface area contributed by atoms with Crippen molar-refractivity contribution < 1.29 is 9.59 Å². The molecule has 0 spiro atoms. The Bertz CT molecular complexity index is 1120. The van der Waals surface area contributed by atoms with Crippen LogP contribution in [0.1, 0.15) is 43.5 Å². The molecule has 0 fully saturated rings. The monoisotopic (exact) mass is 402 g/mol. The number of rotatable bonds is 2. The summed E-state index contributed by atoms with van der Waals surface area (Å²) in [5.41, 5.74) is 4.89. The van der Waals surface area contributed by atoms with Gasteiger partial charge in [0.2, 0.25) is 0 Å². The number of fused-ring (bicyclic) bond motifs is 2. The van der Waals surface area contributed by atoms with E-state index in [-0.39, 0.29) is 11.8 Å². The van der Waals surface area contributed by atoms with Crippen molar-refractivity contribution in [2.75, 3.05) is 13.1 Å². The number of aromatic nitrogens is 4. The second-order valence-corrected chi connectivity index (χ2v) is 7.76. The van der Waals surface area contributed by atoms with E-state index in [1.165, 1.54) is 17.3 Å². The number of hydrogen-bond donors (Lipinski definition) is 0. The van der Waals surface area contributed by atoms with Crippen molar-refractivity contribution in [3.8, 4) is 0 Å². The minimum Gasteiger partial charge on any atom is -0.333 e. The van der Waals surface area contributed by atoms with Gasteiger partial charge in [-0.05, 0) is 30.5 Å². The Morgan fingerprint density at radius 3 is 2.43 bits per heavy atom. The number of hydrogen-bond acceptors (Lipinski definition) is 5. The fourth-order valence-electron chi connectivity index (χ4n) is 4.04. The number of nitrogens with zero attached hydrogens (tertiary/aromatic N) is 6. The molecular formula is C22H22N6O2. The third-order valence-corrected chi connectivity index (χ3v) is 5.72. The van der Waals surface area contributed by atoms with Crippen molar-refractivity contribution in [2.45, 2.75) is 33.0 Å². The molecule has 0 aliphatic carbocycles. The minimum absolute atomic E-state index is 0.0614. The quantitative estimate of drug-likeness (QED) is 0.653. The van der Waals surface area contributed by atoms with Gasteiger partial charge in [-0.15, -0.1) is 0 Å². The van der Waals surface area contributed by atoms with Crippen LogP contribution in [0.25, 0.3) is 0 Å². The van der Waals surface area contributed by atoms with E-state index in [9.17, 15) is 9.59 Å². The Hall–Kier alpha value is -3.55. The predicted molar refractivity (Wildman–Crippen MR) is 109 cm³/mol. The SMILES string of the molecule is Cc1cnc(C(=O)N2CCn3nc(C(=O)N4CCc5ccccc5C4)cc3C2)cn1. The molecule has 30 heavy (non-hydrogen) atoms. The first-order chi connectivity index (χ1) is 14.6. The molecule has 2 aromatic heterocycles. The molecule has 0 saturated carbocycles. The van der Waals surface area contributed by atoms with Crippen molar-refractivity contribution in [3.05, 3.63) is 76.6 Å². The molecule has 0 saturated heterocycles. The van der Waals surface area contributed by atoms with Gasteiger partial charge in [-0.2, -0.15) is 5.10 Å². The number of aryl methyl sites for hydroxylation is 1. The maximum absolute atomic E-state index is 13.0. The van der Waals surface area contributed by atoms with Crippen molar-refractivity contribution in [3.63, 3.8) is 0 Å². The Kier molecular flexibility index (Phi) is 4.54. The van der Waals surface area contributed by atoms with E-state index in [1.807, 2.05) is 34.7 Å². The van der Waals surface area contributed by atoms with Crippen LogP contribution in [-0.4, -0.2) is 54.5 Å². The van der Waals surface area contributed by atoms with Crippen molar-refractivity contribution in [1.82, 2.24) is 29.5 Å². The van der Waals surface area contributed by atoms with Gasteiger partial charge >= 0.3 is 0 Å². The Morgan fingerprint density at radius 2 is 1.63 bits per heavy atom. The maximum atomic E-state index is 13.0. The van der Waals surface area contributed by atoms with Gasteiger partial charge in [-0.3, -0.25) is 19.3 Å². The smallest absolute Gasteiger partial charge is 0.274 e. The van der Waals surface area contributed by atoms with Gasteiger partial charge in [-0.1, -0.05) is 24.3 Å². The number of benzene rings is 1. The standard InChI is InChI=1S/C22H22N6O2/c1-15-11-24-20(12-23-15)22(30)27-8-9-28-18(14-27)10-19(25-28)21(29)26-7-6-16-4-2-3-5-17(16)13-26/h2-5,10-12H,6-9,13-14H2,1H3. The molecule has 8 nitrogen and oxygen atoms in total. The van der Waals surface area contributed by atoms with Crippen molar-refractivity contribution >= 4 is 11.8 Å². The second kappa shape index (κ2) is 7.37. The van der Waals surface area contributed by atoms with E-state index in [4.69, 9.17) is 0 Å². The van der Waals surface area contributed by atoms with Crippen LogP contribution in [0.3, 0.4) is 0 Å². The van der Waals surface area contributed by atoms with Gasteiger partial charge in [0.15, 0.2) is 5.69 Å². The highest BCUT2D eigenvalue weighted by molar-refractivity contribution is 5.93. The summed E-state index contributed by atoms with van der Waals surface area (Å²) in [5, 5.41) is 4.52. The highest BCUT2D eigenvalue weighted by Crippen LogP contribution is 2.22. The molecule has 2 amide bonds. The lowest BCUT2D eigenvalue weighted by Crippen LogP contribution is -2.38. The molecule has 0 atom stereocenters. The summed E-state index contributed by atoms with van der Waals surface area (Å²) in [6, 6.07) is 10.0. The molecule has 8 heteroatoms. The zero-order valence-electron chi connectivity index (χ0n) is 16.8. The van der Waals surface area contributed by atoms with Crippen LogP contribution in [0.15, 0.2) is 42.7 Å². The normalized spacial score (nSPS) is 15.5. The average Bonchev–Trinajstić information content (AvgIpc) is 3.21. The molecule has 5 rings (SSSR count). The van der Waals surface area contributed by atoms with Gasteiger partial charge in [-0.25, -0.2) is 4.98 Å². The van der Waals surface area contributed by atoms with Crippen LogP contribution < -0.4 is 0 Å². The van der Waals surface area contributed by atoms with Crippen molar-refractivity contribution in [1.29, 1.82) is 0 Å². The molecular weight excluding hydrogens is 380 g/mol. The molecule has 1 aromatic carbocycles. The fraction of sp³-hybridized carbons (Fsp3) is 0.318. The van der Waals surface area contributed by atoms with E-state index in [1.54, 1.807) is 11.1 Å². The first-order valence-electron chi connectivity index (χ1n) is 10.1. The molecule has 152 valence electrons. The van der Waals surface area contributed by atoms with Gasteiger partial charge < -0.3 is 9.80 Å². The van der Waals surface area contributed by atoms with Crippen LogP contribution in [-0.2, 0) is 26.1 Å². The molecule has 2 aliphatic rings. The molecule has 0 N–H and O–H groups in total. The third-order valence-electron chi connectivity index (χ3n) is 5.72. The molecule has 0 radical (unpaired) electrons. The van der Waals surface area contributed by atoms with Crippen LogP contribution >= 0.6 is 0 Å². The van der Waals surface area contributed by atoms with Crippen LogP contribution in [0.4, 0.5) is 0 Å². The van der Waals surface area contributed by atoms with Crippen LogP contribution in [0.5, 0.6) is 0 Å². The highest BCUT2D eigenvalue weighted by Gasteiger charge is 2.28. The van der Waals surface area contributed by atoms with E-state index in [2.05, 4.69) is 27.2 Å². The summed E-state index contributed by atoms with van der Waals surface area (Å²) in [6.07, 6.45) is 3.96. The molecule has 0 unspecified atom stereocenters. The van der Waals surface area contributed by atoms with Crippen LogP contribution in [0, 0.1) is 6.92 Å². The Morgan fingerprint density at radius 1 is 0.867 bits per heavy atom. The average molecular weight is 402 g/mol. The lowest BCUT2D eigenvalue weighted by molar-refractivity contribution is 0.0694. The summed E-state index contributed by atoms with van der Waals surface area (Å²) >= 11 is 0. The van der Waals surface area contributed by atoms with Gasteiger partial charge in [0.05, 0.1) is 30.7 Å². The summed E-state index contributed by atoms with van der Waals surface area (Å²) in [6.45, 7) is 4.60. The minimum atomic E-state index is -0.157. The molecule has 4 heterocycles. The summed E-state index contributed by atoms with van der Waals surface area (Å²) in [5.74, 6) is -0.218. The maximum Gasteiger partial charge on any atom is 0.274 e. The summed E-state index contributed by atoms with van der Waals surface area (Å²) in [7, 11) is 0. The van der Waals surface area contributed by atoms with Gasteiger partial charge in [0, 0.05) is 25.8 Å². The largest absolute Gasteiger partial charge is 0.333 e. The van der Waals surface area contributed by atoms with E-state index in [0.29, 0.717) is 44.1 Å². The Balaban J connectivity index is 1.31. The first kappa shape index (κ1) is 18.5. The Labute approximate surface area is 174 Å². The van der Waals surface area contributed by atoms with Crippen LogP contribution in [0.2, 0.25) is 0 Å². The molecule has 3 aromatic rings. The third kappa shape index (κ3) is 3.34. The van der Waals surface area contributed by atoms with E-state index < -0.39 is 0 Å². The van der Waals surface area contributed by atoms with Gasteiger partial charge in [0.25, 0.3) is 11.8 Å². The predicted octanol–water partition coefficient (Wildman–Crippen LogP) is 1.84. The number of amides is 2. The lowest BCUT2D eigenvalue weighted by Gasteiger charge is -2.28. The summed E-state index contributed by atoms with van der Waals surface area (Å²) in [4.78, 5) is 37.7. The zero-order valence-corrected chi connectivity index (χ0v) is 16.8. The lowest BCUT2D eigenvalue weighted by atomic mass is 10.00. The van der Waals surface area contributed by atoms with E-state index >= 15 is 0 Å².